The van der Waals surface area contributed by atoms with Crippen LogP contribution in [0, 0.1) is 11.3 Å². The predicted octanol–water partition coefficient (Wildman–Crippen LogP) is 3.22. The van der Waals surface area contributed by atoms with Crippen LogP contribution in [0.3, 0.4) is 0 Å². The number of halogens is 4. The Morgan fingerprint density at radius 1 is 1.45 bits per heavy atom. The Kier molecular flexibility index (Phi) is 5.22. The molecule has 0 fully saturated rings. The van der Waals surface area contributed by atoms with Crippen LogP contribution in [-0.4, -0.2) is 18.9 Å². The average molecular weight is 308 g/mol. The van der Waals surface area contributed by atoms with E-state index in [0.29, 0.717) is 0 Å². The molecule has 0 aromatic heterocycles. The summed E-state index contributed by atoms with van der Waals surface area (Å²) in [5, 5.41) is 8.70. The van der Waals surface area contributed by atoms with Gasteiger partial charge in [0.05, 0.1) is 18.6 Å². The Morgan fingerprint density at radius 2 is 2.10 bits per heavy atom. The van der Waals surface area contributed by atoms with E-state index in [2.05, 4.69) is 9.47 Å². The fraction of sp³-hybridized carbons (Fsp3) is 0.333. The van der Waals surface area contributed by atoms with Gasteiger partial charge in [0, 0.05) is 10.6 Å². The minimum Gasteiger partial charge on any atom is -0.466 e. The van der Waals surface area contributed by atoms with Crippen LogP contribution in [0.2, 0.25) is 5.02 Å². The molecule has 0 unspecified atom stereocenters. The van der Waals surface area contributed by atoms with Gasteiger partial charge in [-0.1, -0.05) is 11.6 Å². The van der Waals surface area contributed by atoms with Gasteiger partial charge in [-0.2, -0.15) is 5.26 Å². The second-order valence-electron chi connectivity index (χ2n) is 3.54. The van der Waals surface area contributed by atoms with E-state index in [4.69, 9.17) is 16.9 Å². The highest BCUT2D eigenvalue weighted by Gasteiger charge is 2.34. The minimum atomic E-state index is -5.00. The van der Waals surface area contributed by atoms with E-state index in [9.17, 15) is 18.0 Å². The third-order valence-electron chi connectivity index (χ3n) is 2.17. The van der Waals surface area contributed by atoms with Crippen molar-refractivity contribution < 1.29 is 27.4 Å². The number of carbonyl (C=O) groups excluding carboxylic acids is 1. The maximum absolute atomic E-state index is 12.4. The SMILES string of the molecule is CCOC(=O)Cc1c(Cl)ccc(C#N)c1OC(F)(F)F. The Labute approximate surface area is 117 Å². The van der Waals surface area contributed by atoms with Gasteiger partial charge in [-0.15, -0.1) is 13.2 Å². The Bertz CT molecular complexity index is 552. The molecule has 108 valence electrons. The molecule has 0 aliphatic heterocycles. The fourth-order valence-corrected chi connectivity index (χ4v) is 1.66. The van der Waals surface area contributed by atoms with E-state index < -0.39 is 24.5 Å². The number of hydrogen-bond donors (Lipinski definition) is 0. The smallest absolute Gasteiger partial charge is 0.466 e. The molecular weight excluding hydrogens is 299 g/mol. The largest absolute Gasteiger partial charge is 0.573 e. The van der Waals surface area contributed by atoms with E-state index in [0.717, 1.165) is 6.07 Å². The summed E-state index contributed by atoms with van der Waals surface area (Å²) in [6.45, 7) is 1.63. The van der Waals surface area contributed by atoms with Crippen LogP contribution in [-0.2, 0) is 16.0 Å². The van der Waals surface area contributed by atoms with Crippen molar-refractivity contribution in [1.29, 1.82) is 5.26 Å². The lowest BCUT2D eigenvalue weighted by Gasteiger charge is -2.15. The molecule has 0 amide bonds. The average Bonchev–Trinajstić information content (AvgIpc) is 2.32. The monoisotopic (exact) mass is 307 g/mol. The van der Waals surface area contributed by atoms with Crippen LogP contribution >= 0.6 is 11.6 Å². The maximum Gasteiger partial charge on any atom is 0.573 e. The second kappa shape index (κ2) is 6.48. The van der Waals surface area contributed by atoms with Crippen LogP contribution in [0.1, 0.15) is 18.1 Å². The summed E-state index contributed by atoms with van der Waals surface area (Å²) in [5.74, 6) is -1.54. The van der Waals surface area contributed by atoms with Crippen molar-refractivity contribution in [2.75, 3.05) is 6.61 Å². The second-order valence-corrected chi connectivity index (χ2v) is 3.95. The number of alkyl halides is 3. The van der Waals surface area contributed by atoms with Crippen LogP contribution in [0.15, 0.2) is 12.1 Å². The standard InChI is InChI=1S/C12H9ClF3NO3/c1-2-19-10(18)5-8-9(13)4-3-7(6-17)11(8)20-12(14,15)16/h3-4H,2,5H2,1H3. The van der Waals surface area contributed by atoms with Crippen LogP contribution in [0.4, 0.5) is 13.2 Å². The molecule has 0 aliphatic rings. The highest BCUT2D eigenvalue weighted by atomic mass is 35.5. The number of nitrogens with zero attached hydrogens (tertiary/aromatic N) is 1. The number of hydrogen-bond acceptors (Lipinski definition) is 4. The van der Waals surface area contributed by atoms with Crippen molar-refractivity contribution in [3.8, 4) is 11.8 Å². The lowest BCUT2D eigenvalue weighted by Crippen LogP contribution is -2.20. The summed E-state index contributed by atoms with van der Waals surface area (Å²) in [4.78, 5) is 11.4. The molecule has 1 aromatic carbocycles. The first-order chi connectivity index (χ1) is 9.28. The molecule has 0 bridgehead atoms. The molecule has 0 saturated carbocycles. The summed E-state index contributed by atoms with van der Waals surface area (Å²) in [6, 6.07) is 3.86. The van der Waals surface area contributed by atoms with Crippen molar-refractivity contribution in [1.82, 2.24) is 0 Å². The fourth-order valence-electron chi connectivity index (χ4n) is 1.45. The van der Waals surface area contributed by atoms with Gasteiger partial charge in [-0.05, 0) is 19.1 Å². The van der Waals surface area contributed by atoms with Crippen molar-refractivity contribution >= 4 is 17.6 Å². The minimum absolute atomic E-state index is 0.0733. The summed E-state index contributed by atoms with van der Waals surface area (Å²) in [5.41, 5.74) is -0.604. The first-order valence-corrected chi connectivity index (χ1v) is 5.79. The van der Waals surface area contributed by atoms with E-state index >= 15 is 0 Å². The van der Waals surface area contributed by atoms with Crippen molar-refractivity contribution in [2.24, 2.45) is 0 Å². The maximum atomic E-state index is 12.4. The molecule has 0 radical (unpaired) electrons. The van der Waals surface area contributed by atoms with Gasteiger partial charge in [0.1, 0.15) is 6.07 Å². The zero-order chi connectivity index (χ0) is 15.3. The van der Waals surface area contributed by atoms with E-state index in [-0.39, 0.29) is 22.8 Å². The molecule has 1 rings (SSSR count). The molecule has 0 heterocycles. The van der Waals surface area contributed by atoms with E-state index in [1.807, 2.05) is 0 Å². The lowest BCUT2D eigenvalue weighted by atomic mass is 10.1. The molecule has 0 atom stereocenters. The zero-order valence-corrected chi connectivity index (χ0v) is 11.0. The van der Waals surface area contributed by atoms with Crippen molar-refractivity contribution in [3.63, 3.8) is 0 Å². The zero-order valence-electron chi connectivity index (χ0n) is 10.3. The third kappa shape index (κ3) is 4.31. The number of ether oxygens (including phenoxy) is 2. The van der Waals surface area contributed by atoms with Gasteiger partial charge in [-0.3, -0.25) is 4.79 Å². The van der Waals surface area contributed by atoms with Gasteiger partial charge in [-0.25, -0.2) is 0 Å². The topological polar surface area (TPSA) is 59.3 Å². The number of carbonyl (C=O) groups is 1. The van der Waals surface area contributed by atoms with E-state index in [1.165, 1.54) is 6.07 Å². The highest BCUT2D eigenvalue weighted by Crippen LogP contribution is 2.34. The summed E-state index contributed by atoms with van der Waals surface area (Å²) in [7, 11) is 0. The van der Waals surface area contributed by atoms with E-state index in [1.54, 1.807) is 13.0 Å². The normalized spacial score (nSPS) is 10.8. The Balaban J connectivity index is 3.26. The Hall–Kier alpha value is -1.94. The highest BCUT2D eigenvalue weighted by molar-refractivity contribution is 6.31. The first-order valence-electron chi connectivity index (χ1n) is 5.41. The molecule has 0 saturated heterocycles. The van der Waals surface area contributed by atoms with Gasteiger partial charge in [0.15, 0.2) is 5.75 Å². The molecular formula is C12H9ClF3NO3. The van der Waals surface area contributed by atoms with Gasteiger partial charge in [0.2, 0.25) is 0 Å². The van der Waals surface area contributed by atoms with Crippen LogP contribution in [0.5, 0.6) is 5.75 Å². The van der Waals surface area contributed by atoms with Gasteiger partial charge >= 0.3 is 12.3 Å². The molecule has 4 nitrogen and oxygen atoms in total. The summed E-state index contributed by atoms with van der Waals surface area (Å²) < 4.78 is 45.5. The Morgan fingerprint density at radius 3 is 2.60 bits per heavy atom. The lowest BCUT2D eigenvalue weighted by molar-refractivity contribution is -0.275. The predicted molar refractivity (Wildman–Crippen MR) is 63.2 cm³/mol. The first kappa shape index (κ1) is 16.1. The van der Waals surface area contributed by atoms with Gasteiger partial charge < -0.3 is 9.47 Å². The molecule has 20 heavy (non-hydrogen) atoms. The molecule has 1 aromatic rings. The number of esters is 1. The van der Waals surface area contributed by atoms with Crippen LogP contribution in [0.25, 0.3) is 0 Å². The third-order valence-corrected chi connectivity index (χ3v) is 2.52. The summed E-state index contributed by atoms with van der Waals surface area (Å²) >= 11 is 5.77. The van der Waals surface area contributed by atoms with Gasteiger partial charge in [0.25, 0.3) is 0 Å². The molecule has 0 N–H and O–H groups in total. The van der Waals surface area contributed by atoms with Crippen molar-refractivity contribution in [2.45, 2.75) is 19.7 Å². The van der Waals surface area contributed by atoms with Crippen molar-refractivity contribution in [3.05, 3.63) is 28.3 Å². The quantitative estimate of drug-likeness (QED) is 0.801. The van der Waals surface area contributed by atoms with Crippen LogP contribution < -0.4 is 4.74 Å². The molecule has 8 heteroatoms. The molecule has 0 aliphatic carbocycles. The molecule has 0 spiro atoms. The number of benzene rings is 1. The number of rotatable bonds is 4. The summed E-state index contributed by atoms with van der Waals surface area (Å²) in [6.07, 6.45) is -5.52. The number of nitriles is 1.